The molecule has 202 valence electrons. The Morgan fingerprint density at radius 2 is 1.88 bits per heavy atom. The van der Waals surface area contributed by atoms with E-state index >= 15 is 0 Å². The first kappa shape index (κ1) is 26.1. The van der Waals surface area contributed by atoms with Crippen LogP contribution in [0.5, 0.6) is 0 Å². The van der Waals surface area contributed by atoms with E-state index in [0.29, 0.717) is 56.2 Å². The largest absolute Gasteiger partial charge is 0.377 e. The number of nitrogens with zero attached hydrogens (tertiary/aromatic N) is 6. The van der Waals surface area contributed by atoms with E-state index in [1.54, 1.807) is 47.3 Å². The number of fused-ring (bicyclic) bond motifs is 1. The van der Waals surface area contributed by atoms with Crippen LogP contribution in [0.1, 0.15) is 54.7 Å². The van der Waals surface area contributed by atoms with E-state index in [0.717, 1.165) is 12.0 Å². The summed E-state index contributed by atoms with van der Waals surface area (Å²) in [6, 6.07) is 23.0. The number of anilines is 2. The second-order valence-corrected chi connectivity index (χ2v) is 9.74. The van der Waals surface area contributed by atoms with Crippen molar-refractivity contribution < 1.29 is 1.37 Å². The van der Waals surface area contributed by atoms with Crippen molar-refractivity contribution in [2.75, 3.05) is 10.6 Å². The summed E-state index contributed by atoms with van der Waals surface area (Å²) < 4.78 is 11.2. The molecule has 5 rings (SSSR count). The van der Waals surface area contributed by atoms with Gasteiger partial charge in [-0.05, 0) is 41.8 Å². The Hall–Kier alpha value is -5.18. The van der Waals surface area contributed by atoms with Gasteiger partial charge < -0.3 is 10.6 Å². The van der Waals surface area contributed by atoms with E-state index in [-0.39, 0.29) is 6.04 Å². The lowest BCUT2D eigenvalue weighted by molar-refractivity contribution is 0.661. The fraction of sp³-hybridized carbons (Fsp3) is 0.156. The van der Waals surface area contributed by atoms with Crippen molar-refractivity contribution in [1.29, 1.82) is 10.5 Å². The maximum Gasteiger partial charge on any atom is 0.109 e. The minimum Gasteiger partial charge on any atom is -0.377 e. The van der Waals surface area contributed by atoms with E-state index in [9.17, 15) is 11.9 Å². The van der Waals surface area contributed by atoms with Crippen LogP contribution in [0.2, 0.25) is 5.02 Å². The predicted molar refractivity (Wildman–Crippen MR) is 161 cm³/mol. The van der Waals surface area contributed by atoms with Crippen LogP contribution in [0.3, 0.4) is 0 Å². The van der Waals surface area contributed by atoms with Crippen molar-refractivity contribution in [2.45, 2.75) is 31.9 Å². The lowest BCUT2D eigenvalue weighted by atomic mass is 10.0. The molecule has 2 heterocycles. The first-order chi connectivity index (χ1) is 20.4. The fourth-order valence-electron chi connectivity index (χ4n) is 4.66. The number of hydrogen-bond donors (Lipinski definition) is 2. The smallest absolute Gasteiger partial charge is 0.109 e. The van der Waals surface area contributed by atoms with Crippen molar-refractivity contribution in [3.8, 4) is 12.1 Å². The Balaban J connectivity index is 1.65. The number of benzene rings is 3. The molecule has 0 aliphatic heterocycles. The summed E-state index contributed by atoms with van der Waals surface area (Å²) in [6.07, 6.45) is 5.64. The molecular formula is C32H27ClN8. The highest BCUT2D eigenvalue weighted by atomic mass is 35.5. The first-order valence-corrected chi connectivity index (χ1v) is 13.4. The summed E-state index contributed by atoms with van der Waals surface area (Å²) in [4.78, 5) is 4.48. The maximum absolute atomic E-state index is 9.99. The zero-order valence-corrected chi connectivity index (χ0v) is 23.1. The molecule has 2 atom stereocenters. The molecule has 3 aromatic carbocycles. The number of aromatic nitrogens is 4. The van der Waals surface area contributed by atoms with E-state index in [2.05, 4.69) is 51.6 Å². The van der Waals surface area contributed by atoms with Crippen LogP contribution in [0, 0.1) is 22.7 Å². The van der Waals surface area contributed by atoms with Crippen molar-refractivity contribution >= 4 is 33.9 Å². The van der Waals surface area contributed by atoms with Crippen molar-refractivity contribution in [2.24, 2.45) is 0 Å². The molecule has 0 spiro atoms. The summed E-state index contributed by atoms with van der Waals surface area (Å²) in [5.74, 6) is 0. The van der Waals surface area contributed by atoms with Crippen LogP contribution in [0.25, 0.3) is 10.9 Å². The highest BCUT2D eigenvalue weighted by molar-refractivity contribution is 6.35. The number of pyridine rings is 1. The number of halogens is 1. The third-order valence-corrected chi connectivity index (χ3v) is 6.92. The Kier molecular flexibility index (Phi) is 7.84. The molecule has 0 amide bonds. The van der Waals surface area contributed by atoms with Gasteiger partial charge in [0.2, 0.25) is 0 Å². The van der Waals surface area contributed by atoms with Gasteiger partial charge in [-0.3, -0.25) is 4.98 Å². The van der Waals surface area contributed by atoms with E-state index < -0.39 is 6.02 Å². The molecule has 0 radical (unpaired) electrons. The van der Waals surface area contributed by atoms with Crippen LogP contribution in [-0.4, -0.2) is 20.0 Å². The minimum absolute atomic E-state index is 0.0665. The quantitative estimate of drug-likeness (QED) is 0.174. The lowest BCUT2D eigenvalue weighted by Crippen LogP contribution is -2.14. The second kappa shape index (κ2) is 12.3. The minimum atomic E-state index is -1.65. The number of hydrogen-bond acceptors (Lipinski definition) is 7. The van der Waals surface area contributed by atoms with Crippen LogP contribution in [0.4, 0.5) is 11.4 Å². The molecule has 9 heteroatoms. The second-order valence-electron chi connectivity index (χ2n) is 9.34. The summed E-state index contributed by atoms with van der Waals surface area (Å²) in [7, 11) is 0. The third-order valence-electron chi connectivity index (χ3n) is 6.63. The van der Waals surface area contributed by atoms with Gasteiger partial charge >= 0.3 is 0 Å². The summed E-state index contributed by atoms with van der Waals surface area (Å²) >= 11 is 6.77. The van der Waals surface area contributed by atoms with Crippen molar-refractivity contribution in [3.63, 3.8) is 0 Å². The highest BCUT2D eigenvalue weighted by Crippen LogP contribution is 2.37. The number of rotatable bonds is 10. The Morgan fingerprint density at radius 1 is 1.07 bits per heavy atom. The maximum atomic E-state index is 9.99. The number of nitriles is 2. The van der Waals surface area contributed by atoms with Gasteiger partial charge in [-0.25, -0.2) is 4.68 Å². The first-order valence-electron chi connectivity index (χ1n) is 13.5. The molecule has 0 aliphatic carbocycles. The van der Waals surface area contributed by atoms with E-state index in [1.165, 1.54) is 6.20 Å². The highest BCUT2D eigenvalue weighted by Gasteiger charge is 2.21. The molecule has 0 bridgehead atoms. The molecule has 0 aliphatic rings. The van der Waals surface area contributed by atoms with E-state index in [1.807, 2.05) is 36.4 Å². The van der Waals surface area contributed by atoms with Gasteiger partial charge in [0.15, 0.2) is 0 Å². The normalized spacial score (nSPS) is 13.3. The van der Waals surface area contributed by atoms with Crippen LogP contribution >= 0.6 is 11.6 Å². The average molecular weight is 560 g/mol. The average Bonchev–Trinajstić information content (AvgIpc) is 3.50. The third kappa shape index (κ3) is 5.89. The zero-order chi connectivity index (χ0) is 29.7. The van der Waals surface area contributed by atoms with Crippen molar-refractivity contribution in [3.05, 3.63) is 125 Å². The molecule has 5 aromatic rings. The van der Waals surface area contributed by atoms with Gasteiger partial charge in [-0.2, -0.15) is 10.5 Å². The van der Waals surface area contributed by atoms with Gasteiger partial charge in [0.25, 0.3) is 0 Å². The molecule has 41 heavy (non-hydrogen) atoms. The van der Waals surface area contributed by atoms with Gasteiger partial charge in [0, 0.05) is 17.3 Å². The molecule has 0 fully saturated rings. The Morgan fingerprint density at radius 3 is 2.61 bits per heavy atom. The number of nitrogens with one attached hydrogen (secondary N) is 2. The van der Waals surface area contributed by atoms with Crippen LogP contribution < -0.4 is 10.6 Å². The Labute approximate surface area is 244 Å². The lowest BCUT2D eigenvalue weighted by Gasteiger charge is -2.22. The molecule has 2 N–H and O–H groups in total. The zero-order valence-electron chi connectivity index (χ0n) is 23.3. The molecule has 0 saturated heterocycles. The van der Waals surface area contributed by atoms with Gasteiger partial charge in [0.1, 0.15) is 11.8 Å². The molecule has 2 unspecified atom stereocenters. The van der Waals surface area contributed by atoms with Gasteiger partial charge in [0.05, 0.1) is 59.6 Å². The molecule has 2 aromatic heterocycles. The number of allylic oxidation sites excluding steroid dienone is 1. The topological polar surface area (TPSA) is 115 Å². The SMILES string of the molecule is [2H]C(Nc1cc(Cl)c2ncc(C#N)c(NC(CC)c3ccccc3)c2c1)(c1cccc(C#N)c1)c1cn(CC=C)nn1. The fourth-order valence-corrected chi connectivity index (χ4v) is 4.93. The van der Waals surface area contributed by atoms with E-state index in [4.69, 9.17) is 11.6 Å². The van der Waals surface area contributed by atoms with Crippen molar-refractivity contribution in [1.82, 2.24) is 20.0 Å². The monoisotopic (exact) mass is 559 g/mol. The van der Waals surface area contributed by atoms with Crippen LogP contribution in [-0.2, 0) is 6.54 Å². The van der Waals surface area contributed by atoms with Gasteiger partial charge in [-0.15, -0.1) is 11.7 Å². The summed E-state index contributed by atoms with van der Waals surface area (Å²) in [5, 5.41) is 35.8. The standard InChI is InChI=1S/C32H27ClN8/c1-3-13-41-20-29(39-40-41)31(23-12-8-9-21(14-23)17-34)37-25-15-26-30(24(18-35)19-36-32(26)27(33)16-25)38-28(4-2)22-10-6-5-7-11-22/h3,5-12,14-16,19-20,28,31,37H,1,4,13H2,2H3,(H,36,38)/i31D. The van der Waals surface area contributed by atoms with Gasteiger partial charge in [-0.1, -0.05) is 72.3 Å². The Bertz CT molecular complexity index is 1840. The molecule has 0 saturated carbocycles. The molecular weight excluding hydrogens is 532 g/mol. The van der Waals surface area contributed by atoms with Crippen LogP contribution in [0.15, 0.2) is 91.8 Å². The predicted octanol–water partition coefficient (Wildman–Crippen LogP) is 7.17. The molecule has 8 nitrogen and oxygen atoms in total. The summed E-state index contributed by atoms with van der Waals surface area (Å²) in [5.41, 5.74) is 4.27. The summed E-state index contributed by atoms with van der Waals surface area (Å²) in [6.45, 7) is 6.24.